The van der Waals surface area contributed by atoms with Crippen LogP contribution in [0.3, 0.4) is 0 Å². The molecule has 1 aromatic heterocycles. The van der Waals surface area contributed by atoms with E-state index in [-0.39, 0.29) is 35.4 Å². The van der Waals surface area contributed by atoms with E-state index in [1.165, 1.54) is 4.88 Å². The first-order valence-corrected chi connectivity index (χ1v) is 10.8. The van der Waals surface area contributed by atoms with Crippen LogP contribution in [-0.4, -0.2) is 41.1 Å². The Bertz CT molecular complexity index is 806. The summed E-state index contributed by atoms with van der Waals surface area (Å²) in [7, 11) is -1.79. The van der Waals surface area contributed by atoms with Gasteiger partial charge in [-0.05, 0) is 30.5 Å². The lowest BCUT2D eigenvalue weighted by Crippen LogP contribution is -2.42. The number of hydrogen-bond donors (Lipinski definition) is 3. The van der Waals surface area contributed by atoms with E-state index in [1.807, 2.05) is 13.0 Å². The fourth-order valence-corrected chi connectivity index (χ4v) is 4.13. The maximum atomic E-state index is 12.2. The second-order valence-corrected chi connectivity index (χ2v) is 8.75. The van der Waals surface area contributed by atoms with E-state index in [0.717, 1.165) is 12.1 Å². The number of hydrogen-bond acceptors (Lipinski definition) is 4. The van der Waals surface area contributed by atoms with Crippen LogP contribution in [-0.2, 0) is 10.0 Å². The Hall–Kier alpha value is -1.17. The molecule has 1 heterocycles. The summed E-state index contributed by atoms with van der Waals surface area (Å²) in [4.78, 5) is 5.76. The maximum Gasteiger partial charge on any atom is 0.240 e. The second-order valence-electron chi connectivity index (χ2n) is 6.01. The molecule has 0 saturated carbocycles. The summed E-state index contributed by atoms with van der Waals surface area (Å²) < 4.78 is 27.0. The number of guanidine groups is 1. The molecule has 0 aliphatic carbocycles. The maximum absolute atomic E-state index is 12.2. The summed E-state index contributed by atoms with van der Waals surface area (Å²) in [5.41, 5.74) is 1.03. The molecule has 9 heteroatoms. The highest BCUT2D eigenvalue weighted by molar-refractivity contribution is 14.0. The summed E-state index contributed by atoms with van der Waals surface area (Å²) in [6.45, 7) is 5.55. The molecule has 0 aliphatic rings. The van der Waals surface area contributed by atoms with Crippen LogP contribution in [0.15, 0.2) is 51.7 Å². The predicted octanol–water partition coefficient (Wildman–Crippen LogP) is 2.92. The number of sulfonamides is 1. The smallest absolute Gasteiger partial charge is 0.240 e. The Morgan fingerprint density at radius 1 is 1.15 bits per heavy atom. The molecule has 6 nitrogen and oxygen atoms in total. The first-order chi connectivity index (χ1) is 12.4. The molecule has 0 fully saturated rings. The number of aryl methyl sites for hydroxylation is 1. The van der Waals surface area contributed by atoms with Gasteiger partial charge in [0, 0.05) is 37.5 Å². The van der Waals surface area contributed by atoms with Gasteiger partial charge in [0.15, 0.2) is 5.96 Å². The van der Waals surface area contributed by atoms with E-state index < -0.39 is 10.0 Å². The quantitative estimate of drug-likeness (QED) is 0.216. The van der Waals surface area contributed by atoms with Gasteiger partial charge < -0.3 is 10.6 Å². The molecular formula is C18H27IN4O2S2. The molecule has 0 radical (unpaired) electrons. The average molecular weight is 522 g/mol. The van der Waals surface area contributed by atoms with Crippen LogP contribution in [0.4, 0.5) is 0 Å². The summed E-state index contributed by atoms with van der Waals surface area (Å²) in [5.74, 6) is 1.04. The molecule has 2 aromatic rings. The molecule has 1 aromatic carbocycles. The standard InChI is InChI=1S/C18H26N4O2S2.HI/c1-14-6-8-16(9-7-14)26(23,24)22-11-10-20-18(19-3)21-13-15(2)17-5-4-12-25-17;/h4-9,12,15,22H,10-11,13H2,1-3H3,(H2,19,20,21);1H. The van der Waals surface area contributed by atoms with Gasteiger partial charge in [0.05, 0.1) is 4.90 Å². The number of nitrogens with one attached hydrogen (secondary N) is 3. The number of nitrogens with zero attached hydrogens (tertiary/aromatic N) is 1. The molecule has 0 bridgehead atoms. The monoisotopic (exact) mass is 522 g/mol. The van der Waals surface area contributed by atoms with E-state index in [1.54, 1.807) is 42.6 Å². The van der Waals surface area contributed by atoms with Gasteiger partial charge in [0.25, 0.3) is 0 Å². The molecule has 1 atom stereocenters. The highest BCUT2D eigenvalue weighted by atomic mass is 127. The Morgan fingerprint density at radius 3 is 2.44 bits per heavy atom. The molecule has 27 heavy (non-hydrogen) atoms. The number of rotatable bonds is 8. The SMILES string of the molecule is CN=C(NCCNS(=O)(=O)c1ccc(C)cc1)NCC(C)c1cccs1.I. The first kappa shape index (κ1) is 23.9. The van der Waals surface area contributed by atoms with Crippen molar-refractivity contribution in [3.05, 3.63) is 52.2 Å². The van der Waals surface area contributed by atoms with Gasteiger partial charge in [0.2, 0.25) is 10.0 Å². The van der Waals surface area contributed by atoms with Crippen molar-refractivity contribution in [3.8, 4) is 0 Å². The second kappa shape index (κ2) is 11.6. The van der Waals surface area contributed by atoms with Gasteiger partial charge in [0.1, 0.15) is 0 Å². The number of aliphatic imine (C=N–C) groups is 1. The van der Waals surface area contributed by atoms with E-state index in [9.17, 15) is 8.42 Å². The lowest BCUT2D eigenvalue weighted by Gasteiger charge is -2.15. The van der Waals surface area contributed by atoms with E-state index in [0.29, 0.717) is 18.4 Å². The lowest BCUT2D eigenvalue weighted by atomic mass is 10.1. The minimum absolute atomic E-state index is 0. The lowest BCUT2D eigenvalue weighted by molar-refractivity contribution is 0.580. The Balaban J connectivity index is 0.00000364. The zero-order valence-corrected chi connectivity index (χ0v) is 19.7. The van der Waals surface area contributed by atoms with Crippen molar-refractivity contribution in [2.45, 2.75) is 24.7 Å². The van der Waals surface area contributed by atoms with Crippen molar-refractivity contribution < 1.29 is 8.42 Å². The van der Waals surface area contributed by atoms with Crippen LogP contribution in [0.1, 0.15) is 23.3 Å². The normalized spacial score (nSPS) is 12.9. The van der Waals surface area contributed by atoms with Gasteiger partial charge >= 0.3 is 0 Å². The molecule has 0 aliphatic heterocycles. The third-order valence-corrected chi connectivity index (χ3v) is 6.45. The summed E-state index contributed by atoms with van der Waals surface area (Å²) in [6, 6.07) is 11.0. The highest BCUT2D eigenvalue weighted by Crippen LogP contribution is 2.19. The molecule has 150 valence electrons. The van der Waals surface area contributed by atoms with E-state index in [4.69, 9.17) is 0 Å². The molecule has 0 amide bonds. The molecule has 3 N–H and O–H groups in total. The largest absolute Gasteiger partial charge is 0.356 e. The molecule has 0 saturated heterocycles. The van der Waals surface area contributed by atoms with Crippen LogP contribution in [0.5, 0.6) is 0 Å². The number of halogens is 1. The van der Waals surface area contributed by atoms with Crippen molar-refractivity contribution in [1.82, 2.24) is 15.4 Å². The third-order valence-electron chi connectivity index (χ3n) is 3.87. The fourth-order valence-electron chi connectivity index (χ4n) is 2.31. The van der Waals surface area contributed by atoms with E-state index in [2.05, 4.69) is 38.7 Å². The van der Waals surface area contributed by atoms with Crippen molar-refractivity contribution in [3.63, 3.8) is 0 Å². The Labute approximate surface area is 182 Å². The van der Waals surface area contributed by atoms with Gasteiger partial charge in [-0.15, -0.1) is 35.3 Å². The van der Waals surface area contributed by atoms with Crippen LogP contribution in [0.25, 0.3) is 0 Å². The molecule has 2 rings (SSSR count). The zero-order chi connectivity index (χ0) is 19.0. The molecular weight excluding hydrogens is 495 g/mol. The third kappa shape index (κ3) is 7.76. The van der Waals surface area contributed by atoms with Crippen molar-refractivity contribution >= 4 is 51.3 Å². The minimum atomic E-state index is -3.49. The number of benzene rings is 1. The fraction of sp³-hybridized carbons (Fsp3) is 0.389. The number of thiophene rings is 1. The first-order valence-electron chi connectivity index (χ1n) is 8.46. The summed E-state index contributed by atoms with van der Waals surface area (Å²) in [5, 5.41) is 8.45. The summed E-state index contributed by atoms with van der Waals surface area (Å²) in [6.07, 6.45) is 0. The van der Waals surface area contributed by atoms with Crippen molar-refractivity contribution in [2.75, 3.05) is 26.7 Å². The summed E-state index contributed by atoms with van der Waals surface area (Å²) >= 11 is 1.74. The predicted molar refractivity (Wildman–Crippen MR) is 124 cm³/mol. The van der Waals surface area contributed by atoms with Crippen LogP contribution in [0, 0.1) is 6.92 Å². The Morgan fingerprint density at radius 2 is 1.85 bits per heavy atom. The Kier molecular flexibility index (Phi) is 10.3. The van der Waals surface area contributed by atoms with Gasteiger partial charge in [-0.2, -0.15) is 0 Å². The zero-order valence-electron chi connectivity index (χ0n) is 15.7. The minimum Gasteiger partial charge on any atom is -0.356 e. The molecule has 0 spiro atoms. The van der Waals surface area contributed by atoms with Gasteiger partial charge in [-0.1, -0.05) is 30.7 Å². The highest BCUT2D eigenvalue weighted by Gasteiger charge is 2.13. The van der Waals surface area contributed by atoms with Crippen LogP contribution < -0.4 is 15.4 Å². The van der Waals surface area contributed by atoms with Crippen molar-refractivity contribution in [2.24, 2.45) is 4.99 Å². The van der Waals surface area contributed by atoms with Crippen LogP contribution in [0.2, 0.25) is 0 Å². The van der Waals surface area contributed by atoms with Gasteiger partial charge in [-0.3, -0.25) is 4.99 Å². The topological polar surface area (TPSA) is 82.6 Å². The van der Waals surface area contributed by atoms with Crippen molar-refractivity contribution in [1.29, 1.82) is 0 Å². The van der Waals surface area contributed by atoms with Crippen LogP contribution >= 0.6 is 35.3 Å². The van der Waals surface area contributed by atoms with Gasteiger partial charge in [-0.25, -0.2) is 13.1 Å². The molecule has 1 unspecified atom stereocenters. The average Bonchev–Trinajstić information content (AvgIpc) is 3.16. The van der Waals surface area contributed by atoms with E-state index >= 15 is 0 Å².